The molecular weight excluding hydrogens is 373 g/mol. The smallest absolute Gasteiger partial charge is 0.280 e. The largest absolute Gasteiger partial charge is 0.321 e. The number of nitrogens with one attached hydrogen (secondary N) is 2. The SMILES string of the molecule is C[C@@H]1CCc2c(sc(NC(=O)C[NH+](Cc3ccc(F)cc3)C3CC3)c2C#N)C1. The molecule has 146 valence electrons. The molecule has 1 aromatic heterocycles. The number of hydrogen-bond acceptors (Lipinski definition) is 3. The predicted molar refractivity (Wildman–Crippen MR) is 108 cm³/mol. The third-order valence-electron chi connectivity index (χ3n) is 5.76. The van der Waals surface area contributed by atoms with Crippen molar-refractivity contribution in [2.45, 2.75) is 51.6 Å². The summed E-state index contributed by atoms with van der Waals surface area (Å²) in [4.78, 5) is 15.2. The summed E-state index contributed by atoms with van der Waals surface area (Å²) in [7, 11) is 0. The van der Waals surface area contributed by atoms with E-state index in [1.165, 1.54) is 21.9 Å². The zero-order valence-electron chi connectivity index (χ0n) is 16.1. The maximum Gasteiger partial charge on any atom is 0.280 e. The highest BCUT2D eigenvalue weighted by Crippen LogP contribution is 2.39. The van der Waals surface area contributed by atoms with Gasteiger partial charge in [0.1, 0.15) is 23.4 Å². The molecule has 1 amide bonds. The van der Waals surface area contributed by atoms with Gasteiger partial charge in [0.25, 0.3) is 5.91 Å². The van der Waals surface area contributed by atoms with E-state index in [1.807, 2.05) is 0 Å². The first-order chi connectivity index (χ1) is 13.5. The molecule has 1 heterocycles. The van der Waals surface area contributed by atoms with Gasteiger partial charge in [0.2, 0.25) is 0 Å². The highest BCUT2D eigenvalue weighted by atomic mass is 32.1. The minimum Gasteiger partial charge on any atom is -0.321 e. The molecule has 2 aliphatic rings. The second kappa shape index (κ2) is 8.02. The average Bonchev–Trinajstić information content (AvgIpc) is 3.45. The molecule has 2 aromatic rings. The maximum absolute atomic E-state index is 13.1. The van der Waals surface area contributed by atoms with E-state index in [1.54, 1.807) is 23.5 Å². The Balaban J connectivity index is 1.44. The van der Waals surface area contributed by atoms with Gasteiger partial charge in [-0.3, -0.25) is 4.79 Å². The number of anilines is 1. The molecule has 0 saturated heterocycles. The van der Waals surface area contributed by atoms with Crippen LogP contribution in [0.2, 0.25) is 0 Å². The fourth-order valence-electron chi connectivity index (χ4n) is 4.04. The number of quaternary nitrogens is 1. The second-order valence-electron chi connectivity index (χ2n) is 8.13. The van der Waals surface area contributed by atoms with E-state index in [0.717, 1.165) is 43.2 Å². The van der Waals surface area contributed by atoms with Crippen LogP contribution in [0.5, 0.6) is 0 Å². The summed E-state index contributed by atoms with van der Waals surface area (Å²) in [6, 6.07) is 9.32. The molecule has 1 unspecified atom stereocenters. The molecule has 0 bridgehead atoms. The highest BCUT2D eigenvalue weighted by Gasteiger charge is 2.35. The van der Waals surface area contributed by atoms with Crippen molar-refractivity contribution in [2.75, 3.05) is 11.9 Å². The molecule has 2 N–H and O–H groups in total. The Labute approximate surface area is 169 Å². The zero-order valence-corrected chi connectivity index (χ0v) is 16.9. The molecule has 0 radical (unpaired) electrons. The molecule has 4 nitrogen and oxygen atoms in total. The number of halogens is 1. The Morgan fingerprint density at radius 1 is 1.32 bits per heavy atom. The van der Waals surface area contributed by atoms with E-state index in [2.05, 4.69) is 18.3 Å². The molecule has 28 heavy (non-hydrogen) atoms. The number of amides is 1. The summed E-state index contributed by atoms with van der Waals surface area (Å²) < 4.78 is 13.1. The van der Waals surface area contributed by atoms with E-state index >= 15 is 0 Å². The van der Waals surface area contributed by atoms with E-state index in [4.69, 9.17) is 0 Å². The Bertz CT molecular complexity index is 911. The van der Waals surface area contributed by atoms with Gasteiger partial charge in [-0.2, -0.15) is 5.26 Å². The van der Waals surface area contributed by atoms with Crippen LogP contribution in [-0.2, 0) is 24.2 Å². The van der Waals surface area contributed by atoms with Gasteiger partial charge in [-0.25, -0.2) is 4.39 Å². The van der Waals surface area contributed by atoms with E-state index in [0.29, 0.717) is 35.6 Å². The van der Waals surface area contributed by atoms with Crippen molar-refractivity contribution in [3.05, 3.63) is 51.7 Å². The number of fused-ring (bicyclic) bond motifs is 1. The second-order valence-corrected chi connectivity index (χ2v) is 9.23. The Hall–Kier alpha value is -2.23. The number of nitriles is 1. The van der Waals surface area contributed by atoms with Gasteiger partial charge >= 0.3 is 0 Å². The van der Waals surface area contributed by atoms with E-state index in [9.17, 15) is 14.4 Å². The fourth-order valence-corrected chi connectivity index (χ4v) is 5.42. The lowest BCUT2D eigenvalue weighted by molar-refractivity contribution is -0.916. The first-order valence-electron chi connectivity index (χ1n) is 9.97. The van der Waals surface area contributed by atoms with Crippen molar-refractivity contribution < 1.29 is 14.1 Å². The Morgan fingerprint density at radius 3 is 2.75 bits per heavy atom. The van der Waals surface area contributed by atoms with Crippen LogP contribution in [0.3, 0.4) is 0 Å². The minimum absolute atomic E-state index is 0.0489. The Morgan fingerprint density at radius 2 is 2.07 bits per heavy atom. The summed E-state index contributed by atoms with van der Waals surface area (Å²) in [5, 5.41) is 13.3. The van der Waals surface area contributed by atoms with E-state index in [-0.39, 0.29) is 11.7 Å². The topological polar surface area (TPSA) is 57.3 Å². The summed E-state index contributed by atoms with van der Waals surface area (Å²) >= 11 is 1.57. The number of nitrogens with zero attached hydrogens (tertiary/aromatic N) is 1. The first kappa shape index (κ1) is 19.1. The van der Waals surface area contributed by atoms with Crippen molar-refractivity contribution in [3.63, 3.8) is 0 Å². The molecule has 1 saturated carbocycles. The van der Waals surface area contributed by atoms with Crippen LogP contribution in [0.4, 0.5) is 9.39 Å². The van der Waals surface area contributed by atoms with Gasteiger partial charge in [0.15, 0.2) is 6.54 Å². The standard InChI is InChI=1S/C22H24FN3OS/c1-14-2-9-18-19(11-24)22(28-20(18)10-14)25-21(27)13-26(17-7-8-17)12-15-3-5-16(23)6-4-15/h3-6,14,17H,2,7-10,12-13H2,1H3,(H,25,27)/p+1/t14-/m1/s1. The van der Waals surface area contributed by atoms with Gasteiger partial charge in [-0.15, -0.1) is 11.3 Å². The van der Waals surface area contributed by atoms with Crippen molar-refractivity contribution >= 4 is 22.2 Å². The molecule has 4 rings (SSSR count). The molecule has 1 fully saturated rings. The lowest BCUT2D eigenvalue weighted by Gasteiger charge is -2.18. The van der Waals surface area contributed by atoms with Gasteiger partial charge in [-0.05, 0) is 42.9 Å². The fraction of sp³-hybridized carbons (Fsp3) is 0.455. The van der Waals surface area contributed by atoms with Crippen molar-refractivity contribution in [3.8, 4) is 6.07 Å². The van der Waals surface area contributed by atoms with Gasteiger partial charge in [-0.1, -0.05) is 19.1 Å². The van der Waals surface area contributed by atoms with Crippen molar-refractivity contribution in [1.82, 2.24) is 0 Å². The molecule has 2 atom stereocenters. The van der Waals surface area contributed by atoms with Crippen LogP contribution >= 0.6 is 11.3 Å². The van der Waals surface area contributed by atoms with E-state index < -0.39 is 0 Å². The van der Waals surface area contributed by atoms with Crippen molar-refractivity contribution in [2.24, 2.45) is 5.92 Å². The van der Waals surface area contributed by atoms with Crippen LogP contribution in [0.25, 0.3) is 0 Å². The van der Waals surface area contributed by atoms with Gasteiger partial charge < -0.3 is 10.2 Å². The van der Waals surface area contributed by atoms with Gasteiger partial charge in [0, 0.05) is 23.3 Å². The molecule has 0 aliphatic heterocycles. The highest BCUT2D eigenvalue weighted by molar-refractivity contribution is 7.16. The normalized spacial score (nSPS) is 19.5. The third kappa shape index (κ3) is 4.26. The summed E-state index contributed by atoms with van der Waals surface area (Å²) in [5.41, 5.74) is 2.83. The lowest BCUT2D eigenvalue weighted by atomic mass is 9.89. The number of rotatable bonds is 6. The lowest BCUT2D eigenvalue weighted by Crippen LogP contribution is -3.13. The summed E-state index contributed by atoms with van der Waals surface area (Å²) in [5.74, 6) is 0.341. The number of hydrogen-bond donors (Lipinski definition) is 2. The number of carbonyl (C=O) groups is 1. The van der Waals surface area contributed by atoms with Gasteiger partial charge in [0.05, 0.1) is 11.6 Å². The predicted octanol–water partition coefficient (Wildman–Crippen LogP) is 3.07. The molecule has 0 spiro atoms. The molecule has 6 heteroatoms. The molecule has 1 aromatic carbocycles. The number of benzene rings is 1. The minimum atomic E-state index is -0.241. The first-order valence-corrected chi connectivity index (χ1v) is 10.8. The van der Waals surface area contributed by atoms with Crippen LogP contribution < -0.4 is 10.2 Å². The number of carbonyl (C=O) groups excluding carboxylic acids is 1. The van der Waals surface area contributed by atoms with Crippen LogP contribution in [0.15, 0.2) is 24.3 Å². The summed E-state index contributed by atoms with van der Waals surface area (Å²) in [6.07, 6.45) is 5.27. The summed E-state index contributed by atoms with van der Waals surface area (Å²) in [6.45, 7) is 3.31. The monoisotopic (exact) mass is 398 g/mol. The zero-order chi connectivity index (χ0) is 19.7. The Kier molecular flexibility index (Phi) is 5.47. The average molecular weight is 399 g/mol. The molecule has 2 aliphatic carbocycles. The number of thiophene rings is 1. The maximum atomic E-state index is 13.1. The molecular formula is C22H25FN3OS+. The third-order valence-corrected chi connectivity index (χ3v) is 6.93. The van der Waals surface area contributed by atoms with Crippen LogP contribution in [0.1, 0.15) is 47.8 Å². The van der Waals surface area contributed by atoms with Crippen molar-refractivity contribution in [1.29, 1.82) is 5.26 Å². The van der Waals surface area contributed by atoms with Crippen LogP contribution in [0, 0.1) is 23.1 Å². The van der Waals surface area contributed by atoms with Crippen LogP contribution in [-0.4, -0.2) is 18.5 Å². The quantitative estimate of drug-likeness (QED) is 0.786.